The lowest BCUT2D eigenvalue weighted by molar-refractivity contribution is 0.0995. The summed E-state index contributed by atoms with van der Waals surface area (Å²) in [6.45, 7) is 0. The number of halogens is 2. The van der Waals surface area contributed by atoms with E-state index in [4.69, 9.17) is 0 Å². The lowest BCUT2D eigenvalue weighted by Crippen LogP contribution is -1.92. The fourth-order valence-corrected chi connectivity index (χ4v) is 2.74. The molecule has 0 unspecified atom stereocenters. The van der Waals surface area contributed by atoms with Crippen molar-refractivity contribution in [1.82, 2.24) is 4.98 Å². The number of H-pyrrole nitrogens is 1. The van der Waals surface area contributed by atoms with Crippen molar-refractivity contribution >= 4 is 61.0 Å². The summed E-state index contributed by atoms with van der Waals surface area (Å²) in [4.78, 5) is 14.8. The summed E-state index contributed by atoms with van der Waals surface area (Å²) in [5.74, 6) is -0.573. The summed E-state index contributed by atoms with van der Waals surface area (Å²) in [6.07, 6.45) is 0. The zero-order valence-electron chi connectivity index (χ0n) is 11.0. The smallest absolute Gasteiger partial charge is 0.295 e. The Hall–Kier alpha value is -1.74. The number of aromatic amines is 1. The summed E-state index contributed by atoms with van der Waals surface area (Å²) in [5.41, 5.74) is 1.43. The molecule has 2 aromatic carbocycles. The van der Waals surface area contributed by atoms with Gasteiger partial charge in [-0.1, -0.05) is 15.9 Å². The quantitative estimate of drug-likeness (QED) is 0.401. The number of nitrogens with zero attached hydrogens (tertiary/aromatic N) is 2. The van der Waals surface area contributed by atoms with Gasteiger partial charge in [0.15, 0.2) is 5.69 Å². The molecular weight excluding hydrogens is 461 g/mol. The lowest BCUT2D eigenvalue weighted by Gasteiger charge is -1.95. The van der Waals surface area contributed by atoms with Crippen LogP contribution in [0.1, 0.15) is 10.4 Å². The fraction of sp³-hybridized carbons (Fsp3) is 0. The summed E-state index contributed by atoms with van der Waals surface area (Å²) in [6, 6.07) is 12.4. The van der Waals surface area contributed by atoms with Crippen LogP contribution >= 0.6 is 38.5 Å². The number of fused-ring (bicyclic) bond motifs is 1. The lowest BCUT2D eigenvalue weighted by atomic mass is 10.2. The van der Waals surface area contributed by atoms with Crippen LogP contribution in [0.3, 0.4) is 0 Å². The Morgan fingerprint density at radius 3 is 2.64 bits per heavy atom. The Bertz CT molecular complexity index is 888. The molecule has 0 saturated carbocycles. The minimum absolute atomic E-state index is 0.107. The third-order valence-corrected chi connectivity index (χ3v) is 4.25. The molecule has 110 valence electrons. The van der Waals surface area contributed by atoms with Crippen molar-refractivity contribution in [3.05, 3.63) is 56.1 Å². The number of hydrogen-bond acceptors (Lipinski definition) is 3. The number of amides is 1. The Balaban J connectivity index is 1.95. The van der Waals surface area contributed by atoms with Crippen molar-refractivity contribution in [1.29, 1.82) is 0 Å². The van der Waals surface area contributed by atoms with Crippen molar-refractivity contribution < 1.29 is 9.90 Å². The van der Waals surface area contributed by atoms with Gasteiger partial charge in [0.2, 0.25) is 5.88 Å². The van der Waals surface area contributed by atoms with E-state index in [0.717, 1.165) is 18.9 Å². The second-order valence-corrected chi connectivity index (χ2v) is 6.69. The number of carbonyl (C=O) groups excluding carboxylic acids is 1. The number of azo groups is 1. The summed E-state index contributed by atoms with van der Waals surface area (Å²) in [7, 11) is 0. The molecule has 0 atom stereocenters. The second-order valence-electron chi connectivity index (χ2n) is 4.52. The van der Waals surface area contributed by atoms with Gasteiger partial charge in [-0.15, -0.1) is 10.2 Å². The molecule has 1 heterocycles. The maximum Gasteiger partial charge on any atom is 0.295 e. The summed E-state index contributed by atoms with van der Waals surface area (Å²) >= 11 is 5.47. The number of nitrogens with one attached hydrogen (secondary N) is 1. The van der Waals surface area contributed by atoms with Crippen molar-refractivity contribution in [2.45, 2.75) is 0 Å². The van der Waals surface area contributed by atoms with Crippen LogP contribution in [0.25, 0.3) is 10.9 Å². The Labute approximate surface area is 147 Å². The normalized spacial score (nSPS) is 11.4. The van der Waals surface area contributed by atoms with Gasteiger partial charge in [-0.3, -0.25) is 4.79 Å². The Morgan fingerprint density at radius 1 is 1.18 bits per heavy atom. The van der Waals surface area contributed by atoms with E-state index in [-0.39, 0.29) is 11.6 Å². The van der Waals surface area contributed by atoms with Gasteiger partial charge in [0.25, 0.3) is 5.91 Å². The first-order chi connectivity index (χ1) is 10.5. The van der Waals surface area contributed by atoms with Crippen LogP contribution in [-0.4, -0.2) is 16.0 Å². The van der Waals surface area contributed by atoms with E-state index >= 15 is 0 Å². The molecule has 0 aliphatic rings. The molecule has 0 radical (unpaired) electrons. The molecule has 3 rings (SSSR count). The van der Waals surface area contributed by atoms with E-state index in [0.29, 0.717) is 5.56 Å². The summed E-state index contributed by atoms with van der Waals surface area (Å²) < 4.78 is 1.88. The predicted molar refractivity (Wildman–Crippen MR) is 95.7 cm³/mol. The zero-order valence-corrected chi connectivity index (χ0v) is 14.8. The molecule has 0 aliphatic heterocycles. The summed E-state index contributed by atoms with van der Waals surface area (Å²) in [5, 5.41) is 18.2. The van der Waals surface area contributed by atoms with E-state index in [1.165, 1.54) is 0 Å². The van der Waals surface area contributed by atoms with Gasteiger partial charge in [0.1, 0.15) is 0 Å². The van der Waals surface area contributed by atoms with Crippen molar-refractivity contribution in [2.24, 2.45) is 10.2 Å². The third-order valence-electron chi connectivity index (χ3n) is 3.05. The zero-order chi connectivity index (χ0) is 15.7. The SMILES string of the molecule is O=C(N=Nc1c(O)[nH]c2ccc(I)cc12)c1ccc(Br)cc1. The standard InChI is InChI=1S/C15H9BrIN3O2/c16-9-3-1-8(2-4-9)14(21)20-19-13-11-7-10(17)5-6-12(11)18-15(13)22/h1-7,18,22H. The minimum Gasteiger partial charge on any atom is -0.493 e. The van der Waals surface area contributed by atoms with E-state index < -0.39 is 5.91 Å². The van der Waals surface area contributed by atoms with Crippen LogP contribution in [0.15, 0.2) is 57.2 Å². The largest absolute Gasteiger partial charge is 0.493 e. The van der Waals surface area contributed by atoms with Crippen LogP contribution in [0, 0.1) is 3.57 Å². The van der Waals surface area contributed by atoms with Gasteiger partial charge in [-0.05, 0) is 65.1 Å². The van der Waals surface area contributed by atoms with Gasteiger partial charge >= 0.3 is 0 Å². The van der Waals surface area contributed by atoms with E-state index in [2.05, 4.69) is 53.7 Å². The maximum atomic E-state index is 12.0. The van der Waals surface area contributed by atoms with Crippen LogP contribution < -0.4 is 0 Å². The van der Waals surface area contributed by atoms with Gasteiger partial charge < -0.3 is 10.1 Å². The van der Waals surface area contributed by atoms with Crippen molar-refractivity contribution in [3.63, 3.8) is 0 Å². The highest BCUT2D eigenvalue weighted by atomic mass is 127. The van der Waals surface area contributed by atoms with Gasteiger partial charge in [-0.25, -0.2) is 0 Å². The van der Waals surface area contributed by atoms with Crippen LogP contribution in [0.2, 0.25) is 0 Å². The molecule has 22 heavy (non-hydrogen) atoms. The van der Waals surface area contributed by atoms with E-state index in [1.54, 1.807) is 24.3 Å². The molecule has 1 amide bonds. The van der Waals surface area contributed by atoms with Crippen molar-refractivity contribution in [3.8, 4) is 5.88 Å². The monoisotopic (exact) mass is 469 g/mol. The third kappa shape index (κ3) is 3.05. The number of benzene rings is 2. The first kappa shape index (κ1) is 15.2. The topological polar surface area (TPSA) is 77.8 Å². The number of hydrogen-bond donors (Lipinski definition) is 2. The molecule has 5 nitrogen and oxygen atoms in total. The van der Waals surface area contributed by atoms with E-state index in [1.807, 2.05) is 18.2 Å². The average Bonchev–Trinajstić information content (AvgIpc) is 2.80. The molecule has 0 fully saturated rings. The number of aromatic hydroxyl groups is 1. The highest BCUT2D eigenvalue weighted by Gasteiger charge is 2.12. The van der Waals surface area contributed by atoms with Gasteiger partial charge in [0, 0.05) is 19.0 Å². The molecule has 2 N–H and O–H groups in total. The van der Waals surface area contributed by atoms with Crippen LogP contribution in [0.5, 0.6) is 5.88 Å². The Morgan fingerprint density at radius 2 is 1.91 bits per heavy atom. The second kappa shape index (κ2) is 6.17. The van der Waals surface area contributed by atoms with Crippen LogP contribution in [0.4, 0.5) is 5.69 Å². The number of aromatic nitrogens is 1. The number of carbonyl (C=O) groups is 1. The Kier molecular flexibility index (Phi) is 4.25. The average molecular weight is 470 g/mol. The molecule has 0 bridgehead atoms. The highest BCUT2D eigenvalue weighted by Crippen LogP contribution is 2.36. The van der Waals surface area contributed by atoms with Gasteiger partial charge in [-0.2, -0.15) is 0 Å². The molecule has 0 aliphatic carbocycles. The fourth-order valence-electron chi connectivity index (χ4n) is 1.98. The minimum atomic E-state index is -0.466. The number of rotatable bonds is 2. The molecule has 1 aromatic heterocycles. The first-order valence-corrected chi connectivity index (χ1v) is 8.13. The molecule has 3 aromatic rings. The first-order valence-electron chi connectivity index (χ1n) is 6.26. The predicted octanol–water partition coefficient (Wildman–Crippen LogP) is 5.16. The molecule has 7 heteroatoms. The molecular formula is C15H9BrIN3O2. The van der Waals surface area contributed by atoms with Gasteiger partial charge in [0.05, 0.1) is 5.52 Å². The van der Waals surface area contributed by atoms with Crippen molar-refractivity contribution in [2.75, 3.05) is 0 Å². The molecule has 0 saturated heterocycles. The molecule has 0 spiro atoms. The maximum absolute atomic E-state index is 12.0. The van der Waals surface area contributed by atoms with E-state index in [9.17, 15) is 9.90 Å². The van der Waals surface area contributed by atoms with Crippen LogP contribution in [-0.2, 0) is 0 Å². The highest BCUT2D eigenvalue weighted by molar-refractivity contribution is 14.1.